The second-order valence-electron chi connectivity index (χ2n) is 3.92. The molecular weight excluding hydrogens is 354 g/mol. The van der Waals surface area contributed by atoms with Gasteiger partial charge in [0.05, 0.1) is 5.02 Å². The first-order valence-corrected chi connectivity index (χ1v) is 7.39. The van der Waals surface area contributed by atoms with Crippen molar-refractivity contribution >= 4 is 39.1 Å². The molecule has 0 radical (unpaired) electrons. The van der Waals surface area contributed by atoms with Gasteiger partial charge < -0.3 is 4.74 Å². The van der Waals surface area contributed by atoms with E-state index in [0.717, 1.165) is 10.9 Å². The molecule has 2 rings (SSSR count). The molecule has 0 aliphatic carbocycles. The third-order valence-electron chi connectivity index (χ3n) is 2.54. The van der Waals surface area contributed by atoms with Crippen molar-refractivity contribution in [1.82, 2.24) is 0 Å². The number of rotatable bonds is 4. The van der Waals surface area contributed by atoms with Crippen molar-refractivity contribution in [1.29, 1.82) is 0 Å². The molecule has 0 saturated heterocycles. The Morgan fingerprint density at radius 3 is 2.53 bits per heavy atom. The highest BCUT2D eigenvalue weighted by Crippen LogP contribution is 2.28. The lowest BCUT2D eigenvalue weighted by molar-refractivity contribution is 0.306. The lowest BCUT2D eigenvalue weighted by atomic mass is 10.2. The van der Waals surface area contributed by atoms with Crippen molar-refractivity contribution in [3.63, 3.8) is 0 Å². The quantitative estimate of drug-likeness (QED) is 0.642. The first-order valence-electron chi connectivity index (χ1n) is 5.51. The van der Waals surface area contributed by atoms with E-state index < -0.39 is 0 Å². The standard InChI is InChI=1S/C14H10BrCl2FO/c15-7-9-1-4-14(13(17)5-9)19-8-10-6-11(18)2-3-12(10)16/h1-6H,7-8H2. The van der Waals surface area contributed by atoms with Crippen molar-refractivity contribution in [3.05, 3.63) is 63.4 Å². The van der Waals surface area contributed by atoms with Crippen molar-refractivity contribution in [2.75, 3.05) is 0 Å². The zero-order valence-electron chi connectivity index (χ0n) is 9.80. The summed E-state index contributed by atoms with van der Waals surface area (Å²) in [6, 6.07) is 9.67. The van der Waals surface area contributed by atoms with Crippen molar-refractivity contribution in [2.24, 2.45) is 0 Å². The Hall–Kier alpha value is -0.770. The Bertz CT molecular complexity index is 590. The minimum absolute atomic E-state index is 0.171. The highest BCUT2D eigenvalue weighted by Gasteiger charge is 2.06. The molecule has 0 amide bonds. The lowest BCUT2D eigenvalue weighted by Gasteiger charge is -2.10. The van der Waals surface area contributed by atoms with Gasteiger partial charge >= 0.3 is 0 Å². The van der Waals surface area contributed by atoms with Gasteiger partial charge in [-0.2, -0.15) is 0 Å². The molecule has 0 N–H and O–H groups in total. The van der Waals surface area contributed by atoms with E-state index >= 15 is 0 Å². The van der Waals surface area contributed by atoms with E-state index in [1.165, 1.54) is 18.2 Å². The molecule has 0 saturated carbocycles. The summed E-state index contributed by atoms with van der Waals surface area (Å²) in [6.45, 7) is 0.171. The third kappa shape index (κ3) is 3.85. The zero-order valence-corrected chi connectivity index (χ0v) is 12.9. The predicted molar refractivity (Wildman–Crippen MR) is 79.8 cm³/mol. The molecule has 19 heavy (non-hydrogen) atoms. The Balaban J connectivity index is 2.12. The van der Waals surface area contributed by atoms with E-state index in [0.29, 0.717) is 21.4 Å². The summed E-state index contributed by atoms with van der Waals surface area (Å²) < 4.78 is 18.7. The van der Waals surface area contributed by atoms with Crippen LogP contribution in [0.4, 0.5) is 4.39 Å². The first-order chi connectivity index (χ1) is 9.10. The van der Waals surface area contributed by atoms with Crippen LogP contribution in [0.3, 0.4) is 0 Å². The lowest BCUT2D eigenvalue weighted by Crippen LogP contribution is -1.98. The van der Waals surface area contributed by atoms with Crippen LogP contribution >= 0.6 is 39.1 Å². The van der Waals surface area contributed by atoms with Crippen molar-refractivity contribution < 1.29 is 9.13 Å². The summed E-state index contributed by atoms with van der Waals surface area (Å²) in [6.07, 6.45) is 0. The maximum atomic E-state index is 13.1. The van der Waals surface area contributed by atoms with Gasteiger partial charge in [0, 0.05) is 15.9 Å². The number of benzene rings is 2. The molecule has 0 unspecified atom stereocenters. The van der Waals surface area contributed by atoms with E-state index in [4.69, 9.17) is 27.9 Å². The third-order valence-corrected chi connectivity index (χ3v) is 3.85. The topological polar surface area (TPSA) is 9.23 Å². The van der Waals surface area contributed by atoms with Gasteiger partial charge in [0.25, 0.3) is 0 Å². The molecule has 100 valence electrons. The average Bonchev–Trinajstić information content (AvgIpc) is 2.40. The van der Waals surface area contributed by atoms with Crippen LogP contribution in [-0.4, -0.2) is 0 Å². The van der Waals surface area contributed by atoms with Crippen LogP contribution in [-0.2, 0) is 11.9 Å². The monoisotopic (exact) mass is 362 g/mol. The minimum Gasteiger partial charge on any atom is -0.487 e. The fourth-order valence-corrected chi connectivity index (χ4v) is 2.33. The van der Waals surface area contributed by atoms with Gasteiger partial charge in [-0.1, -0.05) is 45.2 Å². The van der Waals surface area contributed by atoms with Crippen LogP contribution in [0.2, 0.25) is 10.0 Å². The Kier molecular flexibility index (Phi) is 5.08. The van der Waals surface area contributed by atoms with E-state index in [1.54, 1.807) is 6.07 Å². The SMILES string of the molecule is Fc1ccc(Cl)c(COc2ccc(CBr)cc2Cl)c1. The van der Waals surface area contributed by atoms with E-state index in [-0.39, 0.29) is 12.4 Å². The Labute approximate surface area is 129 Å². The molecule has 0 fully saturated rings. The van der Waals surface area contributed by atoms with Crippen LogP contribution in [0.15, 0.2) is 36.4 Å². The second kappa shape index (κ2) is 6.60. The van der Waals surface area contributed by atoms with Crippen molar-refractivity contribution in [3.8, 4) is 5.75 Å². The fraction of sp³-hybridized carbons (Fsp3) is 0.143. The molecule has 2 aromatic carbocycles. The van der Waals surface area contributed by atoms with Crippen LogP contribution in [0.5, 0.6) is 5.75 Å². The number of ether oxygens (including phenoxy) is 1. The molecule has 5 heteroatoms. The van der Waals surface area contributed by atoms with E-state index in [2.05, 4.69) is 15.9 Å². The highest BCUT2D eigenvalue weighted by atomic mass is 79.9. The maximum Gasteiger partial charge on any atom is 0.138 e. The summed E-state index contributed by atoms with van der Waals surface area (Å²) in [4.78, 5) is 0. The summed E-state index contributed by atoms with van der Waals surface area (Å²) in [5.41, 5.74) is 1.64. The fourth-order valence-electron chi connectivity index (χ4n) is 1.55. The van der Waals surface area contributed by atoms with Gasteiger partial charge in [-0.25, -0.2) is 4.39 Å². The van der Waals surface area contributed by atoms with Gasteiger partial charge in [0.1, 0.15) is 18.2 Å². The molecule has 0 atom stereocenters. The number of halogens is 4. The smallest absolute Gasteiger partial charge is 0.138 e. The van der Waals surface area contributed by atoms with Gasteiger partial charge in [-0.3, -0.25) is 0 Å². The van der Waals surface area contributed by atoms with E-state index in [1.807, 2.05) is 12.1 Å². The predicted octanol–water partition coefficient (Wildman–Crippen LogP) is 5.61. The molecule has 0 spiro atoms. The van der Waals surface area contributed by atoms with Gasteiger partial charge in [0.15, 0.2) is 0 Å². The molecule has 0 aromatic heterocycles. The molecular formula is C14H10BrCl2FO. The Morgan fingerprint density at radius 1 is 1.05 bits per heavy atom. The normalized spacial score (nSPS) is 10.5. The molecule has 0 aliphatic heterocycles. The molecule has 0 heterocycles. The molecule has 0 bridgehead atoms. The zero-order chi connectivity index (χ0) is 13.8. The van der Waals surface area contributed by atoms with Gasteiger partial charge in [-0.05, 0) is 35.9 Å². The van der Waals surface area contributed by atoms with Crippen LogP contribution in [0.1, 0.15) is 11.1 Å². The second-order valence-corrected chi connectivity index (χ2v) is 5.30. The summed E-state index contributed by atoms with van der Waals surface area (Å²) >= 11 is 15.4. The van der Waals surface area contributed by atoms with E-state index in [9.17, 15) is 4.39 Å². The Morgan fingerprint density at radius 2 is 1.84 bits per heavy atom. The number of hydrogen-bond donors (Lipinski definition) is 0. The van der Waals surface area contributed by atoms with Crippen LogP contribution in [0, 0.1) is 5.82 Å². The van der Waals surface area contributed by atoms with Gasteiger partial charge in [-0.15, -0.1) is 0 Å². The number of alkyl halides is 1. The van der Waals surface area contributed by atoms with Crippen molar-refractivity contribution in [2.45, 2.75) is 11.9 Å². The van der Waals surface area contributed by atoms with Crippen LogP contribution < -0.4 is 4.74 Å². The minimum atomic E-state index is -0.344. The summed E-state index contributed by atoms with van der Waals surface area (Å²) in [7, 11) is 0. The maximum absolute atomic E-state index is 13.1. The van der Waals surface area contributed by atoms with Gasteiger partial charge in [0.2, 0.25) is 0 Å². The number of hydrogen-bond acceptors (Lipinski definition) is 1. The summed E-state index contributed by atoms with van der Waals surface area (Å²) in [5.74, 6) is 0.204. The largest absolute Gasteiger partial charge is 0.487 e. The molecule has 1 nitrogen and oxygen atoms in total. The summed E-state index contributed by atoms with van der Waals surface area (Å²) in [5, 5.41) is 1.71. The average molecular weight is 364 g/mol. The molecule has 0 aliphatic rings. The first kappa shape index (κ1) is 14.6. The highest BCUT2D eigenvalue weighted by molar-refractivity contribution is 9.08. The molecule has 2 aromatic rings. The van der Waals surface area contributed by atoms with Crippen LogP contribution in [0.25, 0.3) is 0 Å².